The Bertz CT molecular complexity index is 427. The number of piperidine rings is 1. The Labute approximate surface area is 104 Å². The van der Waals surface area contributed by atoms with Gasteiger partial charge in [0.05, 0.1) is 5.56 Å². The van der Waals surface area contributed by atoms with Crippen LogP contribution in [0.4, 0.5) is 0 Å². The van der Waals surface area contributed by atoms with E-state index < -0.39 is 12.0 Å². The number of nitrogens with zero attached hydrogens (tertiary/aromatic N) is 2. The van der Waals surface area contributed by atoms with Gasteiger partial charge in [-0.05, 0) is 12.1 Å². The van der Waals surface area contributed by atoms with Gasteiger partial charge in [-0.15, -0.1) is 5.06 Å². The van der Waals surface area contributed by atoms with Gasteiger partial charge in [-0.1, -0.05) is 18.2 Å². The molecule has 1 aliphatic rings. The van der Waals surface area contributed by atoms with Crippen LogP contribution in [-0.4, -0.2) is 35.1 Å². The SMILES string of the molecule is O=C(ON1CCC([N+](=O)[O-])CC1)c1ccccc1. The smallest absolute Gasteiger partial charge is 0.357 e. The van der Waals surface area contributed by atoms with E-state index in [4.69, 9.17) is 4.84 Å². The molecule has 96 valence electrons. The third-order valence-corrected chi connectivity index (χ3v) is 2.94. The molecule has 1 aliphatic heterocycles. The summed E-state index contributed by atoms with van der Waals surface area (Å²) < 4.78 is 0. The average molecular weight is 250 g/mol. The fourth-order valence-corrected chi connectivity index (χ4v) is 1.89. The van der Waals surface area contributed by atoms with E-state index in [1.165, 1.54) is 5.06 Å². The number of rotatable bonds is 3. The molecule has 6 heteroatoms. The Morgan fingerprint density at radius 1 is 1.28 bits per heavy atom. The maximum Gasteiger partial charge on any atom is 0.357 e. The summed E-state index contributed by atoms with van der Waals surface area (Å²) >= 11 is 0. The number of hydroxylamine groups is 2. The molecule has 0 unspecified atom stereocenters. The van der Waals surface area contributed by atoms with Gasteiger partial charge in [0.15, 0.2) is 0 Å². The summed E-state index contributed by atoms with van der Waals surface area (Å²) in [6.07, 6.45) is 0.824. The topological polar surface area (TPSA) is 72.7 Å². The number of hydrogen-bond acceptors (Lipinski definition) is 5. The molecule has 1 aromatic rings. The van der Waals surface area contributed by atoms with Crippen LogP contribution >= 0.6 is 0 Å². The summed E-state index contributed by atoms with van der Waals surface area (Å²) in [6, 6.07) is 8.17. The molecular weight excluding hydrogens is 236 g/mol. The molecule has 18 heavy (non-hydrogen) atoms. The molecule has 0 N–H and O–H groups in total. The lowest BCUT2D eigenvalue weighted by Crippen LogP contribution is -2.40. The van der Waals surface area contributed by atoms with Crippen LogP contribution in [0.2, 0.25) is 0 Å². The van der Waals surface area contributed by atoms with Crippen LogP contribution in [0.15, 0.2) is 30.3 Å². The molecule has 0 radical (unpaired) electrons. The average Bonchev–Trinajstić information content (AvgIpc) is 2.40. The quantitative estimate of drug-likeness (QED) is 0.600. The lowest BCUT2D eigenvalue weighted by Gasteiger charge is -2.26. The number of benzene rings is 1. The van der Waals surface area contributed by atoms with Gasteiger partial charge >= 0.3 is 5.97 Å². The van der Waals surface area contributed by atoms with E-state index in [1.807, 2.05) is 6.07 Å². The molecule has 0 saturated carbocycles. The van der Waals surface area contributed by atoms with Crippen LogP contribution in [0.5, 0.6) is 0 Å². The van der Waals surface area contributed by atoms with Gasteiger partial charge in [0.2, 0.25) is 6.04 Å². The summed E-state index contributed by atoms with van der Waals surface area (Å²) in [5.74, 6) is -0.421. The minimum Gasteiger partial charge on any atom is -0.364 e. The monoisotopic (exact) mass is 250 g/mol. The van der Waals surface area contributed by atoms with Crippen molar-refractivity contribution in [2.24, 2.45) is 0 Å². The van der Waals surface area contributed by atoms with E-state index in [0.29, 0.717) is 31.5 Å². The number of carbonyl (C=O) groups excluding carboxylic acids is 1. The Balaban J connectivity index is 1.85. The van der Waals surface area contributed by atoms with Crippen LogP contribution in [0.25, 0.3) is 0 Å². The molecule has 0 bridgehead atoms. The zero-order valence-electron chi connectivity index (χ0n) is 9.82. The molecule has 0 spiro atoms. The summed E-state index contributed by atoms with van der Waals surface area (Å²) in [5, 5.41) is 12.1. The highest BCUT2D eigenvalue weighted by Gasteiger charge is 2.28. The maximum absolute atomic E-state index is 11.7. The van der Waals surface area contributed by atoms with E-state index in [2.05, 4.69) is 0 Å². The lowest BCUT2D eigenvalue weighted by atomic mass is 10.1. The van der Waals surface area contributed by atoms with Crippen molar-refractivity contribution >= 4 is 5.97 Å². The van der Waals surface area contributed by atoms with Crippen LogP contribution in [-0.2, 0) is 4.84 Å². The van der Waals surface area contributed by atoms with Gasteiger partial charge in [0, 0.05) is 30.9 Å². The van der Waals surface area contributed by atoms with E-state index >= 15 is 0 Å². The van der Waals surface area contributed by atoms with E-state index in [1.54, 1.807) is 24.3 Å². The van der Waals surface area contributed by atoms with Crippen molar-refractivity contribution in [2.75, 3.05) is 13.1 Å². The molecule has 6 nitrogen and oxygen atoms in total. The molecule has 1 heterocycles. The van der Waals surface area contributed by atoms with Crippen LogP contribution in [0.3, 0.4) is 0 Å². The first kappa shape index (κ1) is 12.5. The summed E-state index contributed by atoms with van der Waals surface area (Å²) in [4.78, 5) is 27.2. The third-order valence-electron chi connectivity index (χ3n) is 2.94. The van der Waals surface area contributed by atoms with Crippen LogP contribution in [0, 0.1) is 10.1 Å². The molecule has 2 rings (SSSR count). The van der Waals surface area contributed by atoms with Crippen molar-refractivity contribution in [2.45, 2.75) is 18.9 Å². The van der Waals surface area contributed by atoms with Gasteiger partial charge in [-0.2, -0.15) is 0 Å². The minimum atomic E-state index is -0.517. The van der Waals surface area contributed by atoms with Gasteiger partial charge in [-0.3, -0.25) is 10.1 Å². The van der Waals surface area contributed by atoms with Gasteiger partial charge < -0.3 is 4.84 Å². The number of nitro groups is 1. The van der Waals surface area contributed by atoms with E-state index in [0.717, 1.165) is 0 Å². The summed E-state index contributed by atoms with van der Waals surface area (Å²) in [7, 11) is 0. The normalized spacial score (nSPS) is 17.3. The zero-order valence-corrected chi connectivity index (χ0v) is 9.82. The summed E-state index contributed by atoms with van der Waals surface area (Å²) in [5.41, 5.74) is 0.480. The largest absolute Gasteiger partial charge is 0.364 e. The second kappa shape index (κ2) is 5.59. The first-order valence-corrected chi connectivity index (χ1v) is 5.82. The minimum absolute atomic E-state index is 0.268. The van der Waals surface area contributed by atoms with Crippen molar-refractivity contribution in [3.8, 4) is 0 Å². The van der Waals surface area contributed by atoms with Crippen molar-refractivity contribution < 1.29 is 14.6 Å². The molecule has 0 aromatic heterocycles. The molecule has 0 aliphatic carbocycles. The summed E-state index contributed by atoms with van der Waals surface area (Å²) in [6.45, 7) is 0.814. The Hall–Kier alpha value is -1.95. The van der Waals surface area contributed by atoms with Crippen molar-refractivity contribution in [3.63, 3.8) is 0 Å². The highest BCUT2D eigenvalue weighted by atomic mass is 16.7. The van der Waals surface area contributed by atoms with E-state index in [-0.39, 0.29) is 4.92 Å². The van der Waals surface area contributed by atoms with Gasteiger partial charge in [0.25, 0.3) is 0 Å². The fourth-order valence-electron chi connectivity index (χ4n) is 1.89. The lowest BCUT2D eigenvalue weighted by molar-refractivity contribution is -0.528. The molecule has 1 aromatic carbocycles. The third kappa shape index (κ3) is 3.04. The van der Waals surface area contributed by atoms with Gasteiger partial charge in [0.1, 0.15) is 0 Å². The Morgan fingerprint density at radius 3 is 2.44 bits per heavy atom. The van der Waals surface area contributed by atoms with Crippen LogP contribution in [0.1, 0.15) is 23.2 Å². The van der Waals surface area contributed by atoms with Gasteiger partial charge in [-0.25, -0.2) is 4.79 Å². The molecule has 1 saturated heterocycles. The van der Waals surface area contributed by atoms with Crippen LogP contribution < -0.4 is 0 Å². The Morgan fingerprint density at radius 2 is 1.89 bits per heavy atom. The fraction of sp³-hybridized carbons (Fsp3) is 0.417. The van der Waals surface area contributed by atoms with Crippen molar-refractivity contribution in [3.05, 3.63) is 46.0 Å². The molecule has 0 atom stereocenters. The highest BCUT2D eigenvalue weighted by molar-refractivity contribution is 5.89. The second-order valence-electron chi connectivity index (χ2n) is 4.19. The highest BCUT2D eigenvalue weighted by Crippen LogP contribution is 2.14. The first-order chi connectivity index (χ1) is 8.66. The number of carbonyl (C=O) groups is 1. The predicted octanol–water partition coefficient (Wildman–Crippen LogP) is 1.50. The molecule has 1 fully saturated rings. The van der Waals surface area contributed by atoms with E-state index in [9.17, 15) is 14.9 Å². The standard InChI is InChI=1S/C12H14N2O4/c15-12(10-4-2-1-3-5-10)18-13-8-6-11(7-9-13)14(16)17/h1-5,11H,6-9H2. The van der Waals surface area contributed by atoms with Crippen molar-refractivity contribution in [1.82, 2.24) is 5.06 Å². The molecule has 0 amide bonds. The zero-order chi connectivity index (χ0) is 13.0. The van der Waals surface area contributed by atoms with Crippen molar-refractivity contribution in [1.29, 1.82) is 0 Å². The second-order valence-corrected chi connectivity index (χ2v) is 4.19. The predicted molar refractivity (Wildman–Crippen MR) is 63.4 cm³/mol. The number of hydrogen-bond donors (Lipinski definition) is 0. The maximum atomic E-state index is 11.7. The molecular formula is C12H14N2O4. The Kier molecular flexibility index (Phi) is 3.88. The first-order valence-electron chi connectivity index (χ1n) is 5.82.